The number of hydrogen-bond donors (Lipinski definition) is 1. The van der Waals surface area contributed by atoms with Crippen molar-refractivity contribution in [3.63, 3.8) is 0 Å². The minimum Gasteiger partial charge on any atom is -0.401 e. The summed E-state index contributed by atoms with van der Waals surface area (Å²) < 4.78 is 7.10. The molecule has 118 valence electrons. The number of carbonyl (C=O) groups is 1. The number of aryl methyl sites for hydroxylation is 1. The van der Waals surface area contributed by atoms with Crippen molar-refractivity contribution in [2.45, 2.75) is 11.8 Å². The number of rotatable bonds is 5. The number of thioether (sulfide) groups is 1. The van der Waals surface area contributed by atoms with Gasteiger partial charge >= 0.3 is 6.01 Å². The molecule has 0 aliphatic rings. The van der Waals surface area contributed by atoms with E-state index in [4.69, 9.17) is 4.42 Å². The van der Waals surface area contributed by atoms with Crippen LogP contribution in [0.5, 0.6) is 0 Å². The molecule has 1 amide bonds. The Balaban J connectivity index is 1.79. The average molecular weight is 329 g/mol. The van der Waals surface area contributed by atoms with Crippen LogP contribution in [-0.2, 0) is 7.05 Å². The number of hydrogen-bond acceptors (Lipinski definition) is 6. The average Bonchev–Trinajstić information content (AvgIpc) is 3.17. The number of benzene rings is 1. The third kappa shape index (κ3) is 3.26. The molecular formula is C15H15N5O2S. The van der Waals surface area contributed by atoms with Gasteiger partial charge in [0.2, 0.25) is 0 Å². The van der Waals surface area contributed by atoms with E-state index in [2.05, 4.69) is 20.6 Å². The lowest BCUT2D eigenvalue weighted by Crippen LogP contribution is -2.13. The smallest absolute Gasteiger partial charge is 0.322 e. The summed E-state index contributed by atoms with van der Waals surface area (Å²) in [5, 5.41) is 14.5. The van der Waals surface area contributed by atoms with Crippen LogP contribution in [0.4, 0.5) is 6.01 Å². The van der Waals surface area contributed by atoms with Gasteiger partial charge in [-0.3, -0.25) is 14.8 Å². The van der Waals surface area contributed by atoms with Crippen molar-refractivity contribution >= 4 is 23.7 Å². The molecule has 0 saturated heterocycles. The Morgan fingerprint density at radius 3 is 2.87 bits per heavy atom. The van der Waals surface area contributed by atoms with Crippen molar-refractivity contribution in [3.8, 4) is 11.6 Å². The van der Waals surface area contributed by atoms with E-state index >= 15 is 0 Å². The largest absolute Gasteiger partial charge is 0.401 e. The predicted molar refractivity (Wildman–Crippen MR) is 87.3 cm³/mol. The van der Waals surface area contributed by atoms with E-state index < -0.39 is 0 Å². The zero-order valence-corrected chi connectivity index (χ0v) is 13.5. The molecule has 8 heteroatoms. The topological polar surface area (TPSA) is 85.8 Å². The highest BCUT2D eigenvalue weighted by Crippen LogP contribution is 2.24. The van der Waals surface area contributed by atoms with Gasteiger partial charge in [0.15, 0.2) is 0 Å². The van der Waals surface area contributed by atoms with Crippen LogP contribution in [-0.4, -0.2) is 31.6 Å². The molecule has 3 rings (SSSR count). The molecule has 0 aliphatic heterocycles. The summed E-state index contributed by atoms with van der Waals surface area (Å²) in [5.74, 6) is 0.911. The maximum atomic E-state index is 12.4. The highest BCUT2D eigenvalue weighted by molar-refractivity contribution is 7.99. The van der Waals surface area contributed by atoms with Gasteiger partial charge in [0.25, 0.3) is 11.8 Å². The summed E-state index contributed by atoms with van der Waals surface area (Å²) in [6.07, 6.45) is 1.63. The highest BCUT2D eigenvalue weighted by Gasteiger charge is 2.16. The molecule has 2 heterocycles. The summed E-state index contributed by atoms with van der Waals surface area (Å²) in [6, 6.07) is 9.23. The normalized spacial score (nSPS) is 10.7. The van der Waals surface area contributed by atoms with Crippen molar-refractivity contribution in [1.82, 2.24) is 20.0 Å². The summed E-state index contributed by atoms with van der Waals surface area (Å²) in [7, 11) is 1.77. The lowest BCUT2D eigenvalue weighted by atomic mass is 10.2. The third-order valence-electron chi connectivity index (χ3n) is 3.12. The lowest BCUT2D eigenvalue weighted by Gasteiger charge is -2.06. The third-order valence-corrected chi connectivity index (χ3v) is 4.07. The van der Waals surface area contributed by atoms with Crippen LogP contribution in [0, 0.1) is 0 Å². The number of amides is 1. The molecule has 0 unspecified atom stereocenters. The molecule has 0 bridgehead atoms. The fraction of sp³-hybridized carbons (Fsp3) is 0.200. The van der Waals surface area contributed by atoms with Gasteiger partial charge in [0, 0.05) is 18.1 Å². The number of aromatic nitrogens is 4. The minimum absolute atomic E-state index is 0.0579. The Labute approximate surface area is 137 Å². The van der Waals surface area contributed by atoms with Crippen molar-refractivity contribution in [1.29, 1.82) is 0 Å². The van der Waals surface area contributed by atoms with E-state index in [0.717, 1.165) is 10.6 Å². The van der Waals surface area contributed by atoms with Crippen LogP contribution in [0.15, 0.2) is 45.8 Å². The number of nitrogens with zero attached hydrogens (tertiary/aromatic N) is 4. The second-order valence-electron chi connectivity index (χ2n) is 4.64. The molecule has 0 radical (unpaired) electrons. The van der Waals surface area contributed by atoms with E-state index in [1.165, 1.54) is 0 Å². The quantitative estimate of drug-likeness (QED) is 0.724. The maximum absolute atomic E-state index is 12.4. The molecule has 1 N–H and O–H groups in total. The van der Waals surface area contributed by atoms with Gasteiger partial charge in [0.1, 0.15) is 5.69 Å². The first-order valence-electron chi connectivity index (χ1n) is 7.04. The molecule has 0 aliphatic carbocycles. The zero-order chi connectivity index (χ0) is 16.2. The van der Waals surface area contributed by atoms with Crippen molar-refractivity contribution in [2.24, 2.45) is 7.05 Å². The summed E-state index contributed by atoms with van der Waals surface area (Å²) in [5.41, 5.74) is 1.26. The monoisotopic (exact) mass is 329 g/mol. The van der Waals surface area contributed by atoms with Gasteiger partial charge in [-0.2, -0.15) is 5.10 Å². The molecule has 0 fully saturated rings. The predicted octanol–water partition coefficient (Wildman–Crippen LogP) is 2.83. The van der Waals surface area contributed by atoms with E-state index in [9.17, 15) is 4.79 Å². The first kappa shape index (κ1) is 15.3. The Kier molecular flexibility index (Phi) is 4.42. The van der Waals surface area contributed by atoms with Crippen molar-refractivity contribution < 1.29 is 9.21 Å². The Morgan fingerprint density at radius 1 is 1.30 bits per heavy atom. The Bertz CT molecular complexity index is 827. The van der Waals surface area contributed by atoms with Gasteiger partial charge in [-0.1, -0.05) is 24.2 Å². The molecule has 1 aromatic carbocycles. The molecule has 0 atom stereocenters. The van der Waals surface area contributed by atoms with Crippen molar-refractivity contribution in [3.05, 3.63) is 42.1 Å². The standard InChI is InChI=1S/C15H15N5O2S/c1-3-23-12-7-5-4-6-10(12)13(21)17-15-19-18-14(22-15)11-8-9-16-20(11)2/h4-9H,3H2,1-2H3,(H,17,19,21). The van der Waals surface area contributed by atoms with Gasteiger partial charge in [-0.05, 0) is 24.0 Å². The van der Waals surface area contributed by atoms with E-state index in [-0.39, 0.29) is 11.9 Å². The SMILES string of the molecule is CCSc1ccccc1C(=O)Nc1nnc(-c2ccnn2C)o1. The van der Waals surface area contributed by atoms with Crippen LogP contribution in [0.3, 0.4) is 0 Å². The lowest BCUT2D eigenvalue weighted by molar-refractivity contribution is 0.102. The summed E-state index contributed by atoms with van der Waals surface area (Å²) in [6.45, 7) is 2.04. The van der Waals surface area contributed by atoms with E-state index in [0.29, 0.717) is 17.1 Å². The van der Waals surface area contributed by atoms with Crippen LogP contribution in [0.1, 0.15) is 17.3 Å². The first-order valence-corrected chi connectivity index (χ1v) is 8.02. The summed E-state index contributed by atoms with van der Waals surface area (Å²) >= 11 is 1.61. The van der Waals surface area contributed by atoms with Gasteiger partial charge < -0.3 is 4.42 Å². The molecule has 0 spiro atoms. The summed E-state index contributed by atoms with van der Waals surface area (Å²) in [4.78, 5) is 13.3. The van der Waals surface area contributed by atoms with Gasteiger partial charge in [-0.15, -0.1) is 16.9 Å². The van der Waals surface area contributed by atoms with Gasteiger partial charge in [0.05, 0.1) is 5.56 Å². The zero-order valence-electron chi connectivity index (χ0n) is 12.7. The van der Waals surface area contributed by atoms with Crippen LogP contribution in [0.2, 0.25) is 0 Å². The molecular weight excluding hydrogens is 314 g/mol. The minimum atomic E-state index is -0.276. The molecule has 0 saturated carbocycles. The number of carbonyl (C=O) groups excluding carboxylic acids is 1. The van der Waals surface area contributed by atoms with Crippen LogP contribution in [0.25, 0.3) is 11.6 Å². The van der Waals surface area contributed by atoms with E-state index in [1.54, 1.807) is 41.8 Å². The molecule has 2 aromatic heterocycles. The second-order valence-corrected chi connectivity index (χ2v) is 5.94. The maximum Gasteiger partial charge on any atom is 0.322 e. The first-order chi connectivity index (χ1) is 11.2. The number of anilines is 1. The van der Waals surface area contributed by atoms with Crippen molar-refractivity contribution in [2.75, 3.05) is 11.1 Å². The fourth-order valence-electron chi connectivity index (χ4n) is 2.06. The van der Waals surface area contributed by atoms with Crippen LogP contribution < -0.4 is 5.32 Å². The number of nitrogens with one attached hydrogen (secondary N) is 1. The molecule has 7 nitrogen and oxygen atoms in total. The highest BCUT2D eigenvalue weighted by atomic mass is 32.2. The van der Waals surface area contributed by atoms with Crippen LogP contribution >= 0.6 is 11.8 Å². The molecule has 23 heavy (non-hydrogen) atoms. The molecule has 3 aromatic rings. The Morgan fingerprint density at radius 2 is 2.13 bits per heavy atom. The van der Waals surface area contributed by atoms with E-state index in [1.807, 2.05) is 25.1 Å². The Hall–Kier alpha value is -2.61. The van der Waals surface area contributed by atoms with Gasteiger partial charge in [-0.25, -0.2) is 0 Å². The second kappa shape index (κ2) is 6.66. The fourth-order valence-corrected chi connectivity index (χ4v) is 2.86.